The zero-order chi connectivity index (χ0) is 22.6. The van der Waals surface area contributed by atoms with Gasteiger partial charge in [-0.05, 0) is 48.9 Å². The summed E-state index contributed by atoms with van der Waals surface area (Å²) in [7, 11) is 0. The molecule has 1 heterocycles. The third kappa shape index (κ3) is 6.40. The van der Waals surface area contributed by atoms with Crippen LogP contribution in [0.3, 0.4) is 0 Å². The van der Waals surface area contributed by atoms with Crippen LogP contribution in [0.5, 0.6) is 0 Å². The van der Waals surface area contributed by atoms with Crippen LogP contribution >= 0.6 is 24.0 Å². The molecule has 0 saturated heterocycles. The molecule has 1 fully saturated rings. The molecule has 2 aliphatic rings. The lowest BCUT2D eigenvalue weighted by atomic mass is 9.71. The van der Waals surface area contributed by atoms with Crippen LogP contribution < -0.4 is 16.0 Å². The number of nitrogens with zero attached hydrogens (tertiary/aromatic N) is 1. The molecule has 4 rings (SSSR count). The van der Waals surface area contributed by atoms with Gasteiger partial charge in [0.05, 0.1) is 17.3 Å². The van der Waals surface area contributed by atoms with E-state index < -0.39 is 0 Å². The fourth-order valence-corrected chi connectivity index (χ4v) is 4.30. The summed E-state index contributed by atoms with van der Waals surface area (Å²) in [5, 5.41) is 10.1. The molecule has 2 aromatic rings. The van der Waals surface area contributed by atoms with E-state index in [1.54, 1.807) is 12.4 Å². The fraction of sp³-hybridized carbons (Fsp3) is 0.400. The molecule has 0 spiro atoms. The molecule has 1 aromatic heterocycles. The first-order valence-corrected chi connectivity index (χ1v) is 11.3. The first kappa shape index (κ1) is 24.9. The summed E-state index contributed by atoms with van der Waals surface area (Å²) >= 11 is 6.31. The molecule has 174 valence electrons. The van der Waals surface area contributed by atoms with Crippen molar-refractivity contribution in [2.75, 3.05) is 18.4 Å². The maximum absolute atomic E-state index is 12.7. The van der Waals surface area contributed by atoms with Crippen LogP contribution in [0.25, 0.3) is 0 Å². The van der Waals surface area contributed by atoms with E-state index >= 15 is 0 Å². The lowest BCUT2D eigenvalue weighted by Crippen LogP contribution is -2.45. The number of rotatable bonds is 8. The van der Waals surface area contributed by atoms with E-state index in [-0.39, 0.29) is 35.7 Å². The molecule has 1 saturated carbocycles. The minimum Gasteiger partial charge on any atom is -0.383 e. The van der Waals surface area contributed by atoms with Gasteiger partial charge in [-0.25, -0.2) is 0 Å². The van der Waals surface area contributed by atoms with Gasteiger partial charge in [0.2, 0.25) is 5.91 Å². The Labute approximate surface area is 205 Å². The molecule has 0 radical (unpaired) electrons. The summed E-state index contributed by atoms with van der Waals surface area (Å²) in [6.07, 6.45) is 6.88. The van der Waals surface area contributed by atoms with Gasteiger partial charge in [0.1, 0.15) is 0 Å². The highest BCUT2D eigenvalue weighted by Gasteiger charge is 2.37. The van der Waals surface area contributed by atoms with Crippen molar-refractivity contribution in [2.24, 2.45) is 5.92 Å². The number of benzene rings is 1. The van der Waals surface area contributed by atoms with Crippen LogP contribution in [0.1, 0.15) is 48.5 Å². The Balaban J connectivity index is 0.00000306. The normalized spacial score (nSPS) is 21.1. The molecule has 8 heteroatoms. The zero-order valence-corrected chi connectivity index (χ0v) is 20.1. The predicted molar refractivity (Wildman–Crippen MR) is 133 cm³/mol. The second-order valence-corrected chi connectivity index (χ2v) is 9.11. The van der Waals surface area contributed by atoms with Gasteiger partial charge in [-0.1, -0.05) is 29.7 Å². The Morgan fingerprint density at radius 1 is 1.27 bits per heavy atom. The van der Waals surface area contributed by atoms with E-state index in [1.807, 2.05) is 30.3 Å². The van der Waals surface area contributed by atoms with Gasteiger partial charge in [-0.2, -0.15) is 0 Å². The number of nitrogens with one attached hydrogen (secondary N) is 3. The highest BCUT2D eigenvalue weighted by atomic mass is 35.5. The standard InChI is InChI=1S/C25H27ClN4O2.ClH/c1-17(31)30-21-6-3-10-25(13-21,19-4-2-5-20(26)12-19)16-29-23-9-11-27-15-22(23)24(32)28-14-18-7-8-18;/h2,4-5,9,11-12,15,18,21H,7-8,10,13-14,16H2,1H3,(H,27,29)(H,28,32)(H,30,31);1H/t21-,25+;/m1./s1. The van der Waals surface area contributed by atoms with Crippen LogP contribution in [0, 0.1) is 17.8 Å². The average Bonchev–Trinajstić information content (AvgIpc) is 3.61. The predicted octanol–water partition coefficient (Wildman–Crippen LogP) is 3.95. The molecule has 0 bridgehead atoms. The Morgan fingerprint density at radius 3 is 2.82 bits per heavy atom. The van der Waals surface area contributed by atoms with Crippen molar-refractivity contribution in [3.63, 3.8) is 0 Å². The molecule has 0 unspecified atom stereocenters. The van der Waals surface area contributed by atoms with Crippen LogP contribution in [-0.4, -0.2) is 35.9 Å². The number of anilines is 1. The van der Waals surface area contributed by atoms with Crippen LogP contribution in [0.15, 0.2) is 42.7 Å². The molecular weight excluding hydrogens is 459 g/mol. The highest BCUT2D eigenvalue weighted by molar-refractivity contribution is 6.30. The molecule has 2 amide bonds. The Morgan fingerprint density at radius 2 is 2.09 bits per heavy atom. The first-order chi connectivity index (χ1) is 15.4. The topological polar surface area (TPSA) is 83.1 Å². The van der Waals surface area contributed by atoms with Gasteiger partial charge in [0.25, 0.3) is 5.91 Å². The van der Waals surface area contributed by atoms with E-state index in [4.69, 9.17) is 11.6 Å². The van der Waals surface area contributed by atoms with Crippen molar-refractivity contribution in [3.8, 4) is 11.8 Å². The molecular formula is C25H28Cl2N4O2. The SMILES string of the molecule is CC(=O)N[C@@H]1C#CC[C@](CNc2ccncc2C(=O)NCC2CC2)(c2cccc(Cl)c2)C1.Cl. The largest absolute Gasteiger partial charge is 0.383 e. The number of hydrogen-bond donors (Lipinski definition) is 3. The van der Waals surface area contributed by atoms with Gasteiger partial charge >= 0.3 is 0 Å². The summed E-state index contributed by atoms with van der Waals surface area (Å²) < 4.78 is 0. The molecule has 3 N–H and O–H groups in total. The molecule has 6 nitrogen and oxygen atoms in total. The number of aromatic nitrogens is 1. The Hall–Kier alpha value is -2.75. The van der Waals surface area contributed by atoms with Crippen molar-refractivity contribution in [3.05, 3.63) is 58.9 Å². The van der Waals surface area contributed by atoms with Crippen LogP contribution in [-0.2, 0) is 10.2 Å². The lowest BCUT2D eigenvalue weighted by molar-refractivity contribution is -0.119. The average molecular weight is 487 g/mol. The van der Waals surface area contributed by atoms with Crippen molar-refractivity contribution in [1.29, 1.82) is 0 Å². The van der Waals surface area contributed by atoms with Crippen LogP contribution in [0.2, 0.25) is 5.02 Å². The minimum absolute atomic E-state index is 0. The number of hydrogen-bond acceptors (Lipinski definition) is 4. The number of pyridine rings is 1. The highest BCUT2D eigenvalue weighted by Crippen LogP contribution is 2.37. The van der Waals surface area contributed by atoms with E-state index in [1.165, 1.54) is 19.8 Å². The number of carbonyl (C=O) groups is 2. The van der Waals surface area contributed by atoms with E-state index in [2.05, 4.69) is 32.8 Å². The van der Waals surface area contributed by atoms with Gasteiger partial charge in [0, 0.05) is 49.3 Å². The summed E-state index contributed by atoms with van der Waals surface area (Å²) in [5.74, 6) is 6.73. The molecule has 0 aliphatic heterocycles. The van der Waals surface area contributed by atoms with Gasteiger partial charge in [0.15, 0.2) is 0 Å². The maximum Gasteiger partial charge on any atom is 0.254 e. The van der Waals surface area contributed by atoms with E-state index in [0.29, 0.717) is 42.4 Å². The van der Waals surface area contributed by atoms with Gasteiger partial charge in [-0.15, -0.1) is 18.3 Å². The number of amides is 2. The van der Waals surface area contributed by atoms with Crippen molar-refractivity contribution in [1.82, 2.24) is 15.6 Å². The molecule has 1 aromatic carbocycles. The number of halogens is 2. The summed E-state index contributed by atoms with van der Waals surface area (Å²) in [6.45, 7) is 2.73. The zero-order valence-electron chi connectivity index (χ0n) is 18.5. The molecule has 2 aliphatic carbocycles. The smallest absolute Gasteiger partial charge is 0.254 e. The molecule has 33 heavy (non-hydrogen) atoms. The fourth-order valence-electron chi connectivity index (χ4n) is 4.11. The lowest BCUT2D eigenvalue weighted by Gasteiger charge is -2.37. The summed E-state index contributed by atoms with van der Waals surface area (Å²) in [4.78, 5) is 28.5. The second kappa shape index (κ2) is 10.9. The van der Waals surface area contributed by atoms with Crippen molar-refractivity contribution < 1.29 is 9.59 Å². The number of carbonyl (C=O) groups excluding carboxylic acids is 2. The molecule has 2 atom stereocenters. The van der Waals surface area contributed by atoms with Crippen molar-refractivity contribution >= 4 is 41.5 Å². The summed E-state index contributed by atoms with van der Waals surface area (Å²) in [6, 6.07) is 9.34. The maximum atomic E-state index is 12.7. The van der Waals surface area contributed by atoms with E-state index in [0.717, 1.165) is 11.3 Å². The van der Waals surface area contributed by atoms with E-state index in [9.17, 15) is 9.59 Å². The van der Waals surface area contributed by atoms with Gasteiger partial charge < -0.3 is 16.0 Å². The Kier molecular flexibility index (Phi) is 8.23. The van der Waals surface area contributed by atoms with Gasteiger partial charge in [-0.3, -0.25) is 14.6 Å². The Bertz CT molecular complexity index is 1080. The minimum atomic E-state index is -0.381. The monoisotopic (exact) mass is 486 g/mol. The first-order valence-electron chi connectivity index (χ1n) is 10.9. The summed E-state index contributed by atoms with van der Waals surface area (Å²) in [5.41, 5.74) is 1.92. The third-order valence-corrected chi connectivity index (χ3v) is 6.28. The van der Waals surface area contributed by atoms with Crippen molar-refractivity contribution in [2.45, 2.75) is 44.1 Å². The third-order valence-electron chi connectivity index (χ3n) is 6.04. The van der Waals surface area contributed by atoms with Crippen LogP contribution in [0.4, 0.5) is 5.69 Å². The quantitative estimate of drug-likeness (QED) is 0.493. The second-order valence-electron chi connectivity index (χ2n) is 8.67.